The maximum atomic E-state index is 12.3. The van der Waals surface area contributed by atoms with Crippen molar-refractivity contribution in [3.63, 3.8) is 0 Å². The number of fused-ring (bicyclic) bond motifs is 2. The van der Waals surface area contributed by atoms with Gasteiger partial charge in [0.25, 0.3) is 0 Å². The predicted molar refractivity (Wildman–Crippen MR) is 91.8 cm³/mol. The molecule has 0 saturated heterocycles. The lowest BCUT2D eigenvalue weighted by molar-refractivity contribution is -0.123. The second-order valence-corrected chi connectivity index (χ2v) is 6.38. The van der Waals surface area contributed by atoms with E-state index < -0.39 is 0 Å². The minimum Gasteiger partial charge on any atom is -0.374 e. The molecule has 1 aliphatic heterocycles. The van der Waals surface area contributed by atoms with E-state index in [4.69, 9.17) is 0 Å². The fourth-order valence-electron chi connectivity index (χ4n) is 3.32. The number of hydrogen-bond acceptors (Lipinski definition) is 3. The first-order chi connectivity index (χ1) is 11.2. The minimum absolute atomic E-state index is 0.0427. The number of nitrogens with one attached hydrogen (secondary N) is 2. The van der Waals surface area contributed by atoms with Crippen molar-refractivity contribution < 1.29 is 9.59 Å². The van der Waals surface area contributed by atoms with Gasteiger partial charge in [-0.25, -0.2) is 0 Å². The molecule has 1 aromatic rings. The molecule has 0 spiro atoms. The Labute approximate surface area is 137 Å². The van der Waals surface area contributed by atoms with Crippen LogP contribution >= 0.6 is 0 Å². The van der Waals surface area contributed by atoms with Gasteiger partial charge in [0.1, 0.15) is 6.54 Å². The number of anilines is 2. The Kier molecular flexibility index (Phi) is 4.84. The topological polar surface area (TPSA) is 61.4 Å². The summed E-state index contributed by atoms with van der Waals surface area (Å²) < 4.78 is 0. The van der Waals surface area contributed by atoms with E-state index in [9.17, 15) is 9.59 Å². The molecule has 23 heavy (non-hydrogen) atoms. The first-order valence-corrected chi connectivity index (χ1v) is 8.65. The van der Waals surface area contributed by atoms with Gasteiger partial charge in [-0.2, -0.15) is 0 Å². The highest BCUT2D eigenvalue weighted by Crippen LogP contribution is 2.35. The lowest BCUT2D eigenvalue weighted by atomic mass is 9.90. The summed E-state index contributed by atoms with van der Waals surface area (Å²) in [5.74, 6) is -0.128. The van der Waals surface area contributed by atoms with Crippen LogP contribution in [0, 0.1) is 0 Å². The lowest BCUT2D eigenvalue weighted by Gasteiger charge is -2.32. The molecule has 1 heterocycles. The molecule has 0 bridgehead atoms. The van der Waals surface area contributed by atoms with Crippen LogP contribution in [0.3, 0.4) is 0 Å². The van der Waals surface area contributed by atoms with Crippen molar-refractivity contribution in [2.75, 3.05) is 29.9 Å². The van der Waals surface area contributed by atoms with E-state index in [0.29, 0.717) is 6.54 Å². The number of unbranched alkanes of at least 4 members (excludes halogenated alkanes) is 1. The van der Waals surface area contributed by atoms with Crippen molar-refractivity contribution in [2.24, 2.45) is 0 Å². The summed E-state index contributed by atoms with van der Waals surface area (Å²) in [5, 5.41) is 6.09. The van der Waals surface area contributed by atoms with Crippen LogP contribution in [-0.4, -0.2) is 31.4 Å². The highest BCUT2D eigenvalue weighted by molar-refractivity contribution is 6.06. The SMILES string of the molecule is CCCCNC(=O)CN1C(=O)CNc2cc3c(cc21)CCCC3. The number of amides is 2. The average molecular weight is 315 g/mol. The molecule has 0 unspecified atom stereocenters. The van der Waals surface area contributed by atoms with Crippen LogP contribution in [0.15, 0.2) is 12.1 Å². The zero-order chi connectivity index (χ0) is 16.2. The zero-order valence-electron chi connectivity index (χ0n) is 13.8. The molecule has 0 aromatic heterocycles. The largest absolute Gasteiger partial charge is 0.374 e. The predicted octanol–water partition coefficient (Wildman–Crippen LogP) is 2.24. The lowest BCUT2D eigenvalue weighted by Crippen LogP contribution is -2.46. The Bertz CT molecular complexity index is 613. The molecule has 5 nitrogen and oxygen atoms in total. The summed E-state index contributed by atoms with van der Waals surface area (Å²) in [7, 11) is 0. The highest BCUT2D eigenvalue weighted by atomic mass is 16.2. The molecule has 0 radical (unpaired) electrons. The Morgan fingerprint density at radius 3 is 2.74 bits per heavy atom. The van der Waals surface area contributed by atoms with Crippen molar-refractivity contribution in [3.05, 3.63) is 23.3 Å². The monoisotopic (exact) mass is 315 g/mol. The van der Waals surface area contributed by atoms with Crippen LogP contribution in [-0.2, 0) is 22.4 Å². The first-order valence-electron chi connectivity index (χ1n) is 8.65. The van der Waals surface area contributed by atoms with Gasteiger partial charge in [-0.3, -0.25) is 14.5 Å². The summed E-state index contributed by atoms with van der Waals surface area (Å²) in [6, 6.07) is 4.27. The summed E-state index contributed by atoms with van der Waals surface area (Å²) in [5.41, 5.74) is 4.53. The number of rotatable bonds is 5. The van der Waals surface area contributed by atoms with E-state index >= 15 is 0 Å². The molecule has 5 heteroatoms. The van der Waals surface area contributed by atoms with Crippen LogP contribution < -0.4 is 15.5 Å². The summed E-state index contributed by atoms with van der Waals surface area (Å²) in [6.07, 6.45) is 6.61. The molecule has 0 atom stereocenters. The zero-order valence-corrected chi connectivity index (χ0v) is 13.8. The standard InChI is InChI=1S/C18H25N3O2/c1-2-3-8-19-17(22)12-21-16-10-14-7-5-4-6-13(14)9-15(16)20-11-18(21)23/h9-10,20H,2-8,11-12H2,1H3,(H,19,22). The fourth-order valence-corrected chi connectivity index (χ4v) is 3.32. The van der Waals surface area contributed by atoms with Crippen LogP contribution in [0.5, 0.6) is 0 Å². The minimum atomic E-state index is -0.0858. The van der Waals surface area contributed by atoms with E-state index in [1.54, 1.807) is 4.90 Å². The Morgan fingerprint density at radius 1 is 1.26 bits per heavy atom. The first kappa shape index (κ1) is 15.8. The molecule has 0 saturated carbocycles. The van der Waals surface area contributed by atoms with Crippen LogP contribution in [0.4, 0.5) is 11.4 Å². The van der Waals surface area contributed by atoms with Gasteiger partial charge >= 0.3 is 0 Å². The smallest absolute Gasteiger partial charge is 0.246 e. The maximum absolute atomic E-state index is 12.3. The Balaban J connectivity index is 1.79. The summed E-state index contributed by atoms with van der Waals surface area (Å²) >= 11 is 0. The molecule has 124 valence electrons. The molecule has 3 rings (SSSR count). The maximum Gasteiger partial charge on any atom is 0.246 e. The highest BCUT2D eigenvalue weighted by Gasteiger charge is 2.27. The van der Waals surface area contributed by atoms with Crippen molar-refractivity contribution in [1.82, 2.24) is 5.32 Å². The van der Waals surface area contributed by atoms with Gasteiger partial charge in [0, 0.05) is 6.54 Å². The number of hydrogen-bond donors (Lipinski definition) is 2. The molecular weight excluding hydrogens is 290 g/mol. The van der Waals surface area contributed by atoms with E-state index in [0.717, 1.165) is 37.1 Å². The molecule has 0 fully saturated rings. The number of carbonyl (C=O) groups excluding carboxylic acids is 2. The second kappa shape index (κ2) is 7.02. The normalized spacial score (nSPS) is 16.4. The third-order valence-electron chi connectivity index (χ3n) is 4.64. The Morgan fingerprint density at radius 2 is 2.00 bits per heavy atom. The van der Waals surface area contributed by atoms with Gasteiger partial charge in [-0.05, 0) is 55.4 Å². The van der Waals surface area contributed by atoms with E-state index in [1.165, 1.54) is 24.0 Å². The fraction of sp³-hybridized carbons (Fsp3) is 0.556. The van der Waals surface area contributed by atoms with Crippen molar-refractivity contribution in [2.45, 2.75) is 45.4 Å². The van der Waals surface area contributed by atoms with Crippen LogP contribution in [0.1, 0.15) is 43.7 Å². The van der Waals surface area contributed by atoms with E-state index in [-0.39, 0.29) is 24.9 Å². The molecule has 2 amide bonds. The number of aryl methyl sites for hydroxylation is 2. The van der Waals surface area contributed by atoms with Crippen LogP contribution in [0.25, 0.3) is 0 Å². The average Bonchev–Trinajstić information content (AvgIpc) is 2.56. The van der Waals surface area contributed by atoms with E-state index in [1.807, 2.05) is 0 Å². The quantitative estimate of drug-likeness (QED) is 0.819. The molecule has 1 aromatic carbocycles. The Hall–Kier alpha value is -2.04. The summed E-state index contributed by atoms with van der Waals surface area (Å²) in [4.78, 5) is 26.0. The van der Waals surface area contributed by atoms with Gasteiger partial charge in [0.15, 0.2) is 0 Å². The number of benzene rings is 1. The van der Waals surface area contributed by atoms with Gasteiger partial charge in [0.2, 0.25) is 11.8 Å². The summed E-state index contributed by atoms with van der Waals surface area (Å²) in [6.45, 7) is 3.13. The second-order valence-electron chi connectivity index (χ2n) is 6.38. The molecule has 1 aliphatic carbocycles. The number of nitrogens with zero attached hydrogens (tertiary/aromatic N) is 1. The molecular formula is C18H25N3O2. The van der Waals surface area contributed by atoms with Gasteiger partial charge in [-0.15, -0.1) is 0 Å². The number of carbonyl (C=O) groups is 2. The van der Waals surface area contributed by atoms with Crippen molar-refractivity contribution in [1.29, 1.82) is 0 Å². The molecule has 2 aliphatic rings. The van der Waals surface area contributed by atoms with Gasteiger partial charge in [0.05, 0.1) is 17.9 Å². The van der Waals surface area contributed by atoms with Crippen molar-refractivity contribution >= 4 is 23.2 Å². The third-order valence-corrected chi connectivity index (χ3v) is 4.64. The van der Waals surface area contributed by atoms with Gasteiger partial charge in [-0.1, -0.05) is 13.3 Å². The van der Waals surface area contributed by atoms with Gasteiger partial charge < -0.3 is 10.6 Å². The van der Waals surface area contributed by atoms with E-state index in [2.05, 4.69) is 29.7 Å². The van der Waals surface area contributed by atoms with Crippen molar-refractivity contribution in [3.8, 4) is 0 Å². The van der Waals surface area contributed by atoms with Crippen LogP contribution in [0.2, 0.25) is 0 Å². The molecule has 2 N–H and O–H groups in total. The third kappa shape index (κ3) is 3.49.